The Morgan fingerprint density at radius 1 is 1.24 bits per heavy atom. The number of nitrogens with one attached hydrogen (secondary N) is 1. The zero-order chi connectivity index (χ0) is 17.7. The largest absolute Gasteiger partial charge is 0.497 e. The first-order chi connectivity index (χ1) is 12.0. The van der Waals surface area contributed by atoms with Crippen LogP contribution in [0.1, 0.15) is 12.5 Å². The second-order valence-electron chi connectivity index (χ2n) is 6.09. The lowest BCUT2D eigenvalue weighted by Gasteiger charge is -2.34. The maximum atomic E-state index is 12.4. The zero-order valence-corrected chi connectivity index (χ0v) is 14.3. The fraction of sp³-hybridized carbons (Fsp3) is 0.353. The highest BCUT2D eigenvalue weighted by atomic mass is 16.5. The molecule has 1 saturated heterocycles. The Kier molecular flexibility index (Phi) is 3.41. The highest BCUT2D eigenvalue weighted by Gasteiger charge is 2.51. The summed E-state index contributed by atoms with van der Waals surface area (Å²) >= 11 is 0. The molecule has 130 valence electrons. The van der Waals surface area contributed by atoms with Crippen molar-refractivity contribution in [2.75, 3.05) is 20.7 Å². The van der Waals surface area contributed by atoms with E-state index in [1.54, 1.807) is 14.2 Å². The number of guanidine groups is 1. The molecule has 0 spiro atoms. The lowest BCUT2D eigenvalue weighted by Crippen LogP contribution is -2.62. The predicted molar refractivity (Wildman–Crippen MR) is 91.5 cm³/mol. The van der Waals surface area contributed by atoms with Gasteiger partial charge in [0.25, 0.3) is 5.91 Å². The Morgan fingerprint density at radius 3 is 2.60 bits per heavy atom. The van der Waals surface area contributed by atoms with Gasteiger partial charge in [-0.05, 0) is 36.8 Å². The number of amides is 3. The molecule has 1 N–H and O–H groups in total. The van der Waals surface area contributed by atoms with Gasteiger partial charge in [0, 0.05) is 19.8 Å². The number of likely N-dealkylation sites (N-methyl/N-ethyl adjacent to an activating group) is 1. The van der Waals surface area contributed by atoms with Gasteiger partial charge >= 0.3 is 6.03 Å². The van der Waals surface area contributed by atoms with Crippen molar-refractivity contribution in [3.63, 3.8) is 0 Å². The summed E-state index contributed by atoms with van der Waals surface area (Å²) in [7, 11) is 3.28. The summed E-state index contributed by atoms with van der Waals surface area (Å²) in [4.78, 5) is 34.2. The van der Waals surface area contributed by atoms with Crippen LogP contribution in [0.3, 0.4) is 0 Å². The highest BCUT2D eigenvalue weighted by Crippen LogP contribution is 2.35. The standard InChI is InChI=1S/C17H19N5O3/c1-4-21-12(10-5-7-11(25-3)8-6-10)9-22-13-14(18-16(21)22)20(2)17(24)19-15(13)23/h5-9,13-14H,4H2,1-3H3,(H,19,23,24). The van der Waals surface area contributed by atoms with E-state index >= 15 is 0 Å². The minimum Gasteiger partial charge on any atom is -0.497 e. The number of ether oxygens (including phenoxy) is 1. The number of aliphatic imine (C=N–C) groups is 1. The molecule has 8 heteroatoms. The third-order valence-electron chi connectivity index (χ3n) is 4.77. The van der Waals surface area contributed by atoms with Crippen LogP contribution in [0, 0.1) is 0 Å². The van der Waals surface area contributed by atoms with Gasteiger partial charge in [0.15, 0.2) is 12.2 Å². The van der Waals surface area contributed by atoms with Crippen LogP contribution in [0.2, 0.25) is 0 Å². The van der Waals surface area contributed by atoms with Crippen molar-refractivity contribution >= 4 is 23.6 Å². The van der Waals surface area contributed by atoms with E-state index in [4.69, 9.17) is 4.74 Å². The summed E-state index contributed by atoms with van der Waals surface area (Å²) in [5.41, 5.74) is 1.98. The molecule has 3 amide bonds. The Balaban J connectivity index is 1.71. The number of hydrogen-bond donors (Lipinski definition) is 1. The number of carbonyl (C=O) groups is 2. The first kappa shape index (κ1) is 15.5. The lowest BCUT2D eigenvalue weighted by atomic mass is 10.1. The van der Waals surface area contributed by atoms with Crippen LogP contribution < -0.4 is 10.1 Å². The topological polar surface area (TPSA) is 77.5 Å². The van der Waals surface area contributed by atoms with Crippen molar-refractivity contribution < 1.29 is 14.3 Å². The van der Waals surface area contributed by atoms with E-state index in [0.29, 0.717) is 12.5 Å². The van der Waals surface area contributed by atoms with Crippen LogP contribution in [-0.4, -0.2) is 65.5 Å². The molecule has 1 aromatic carbocycles. The molecular weight excluding hydrogens is 322 g/mol. The molecule has 8 nitrogen and oxygen atoms in total. The third-order valence-corrected chi connectivity index (χ3v) is 4.77. The zero-order valence-electron chi connectivity index (χ0n) is 14.3. The molecule has 3 aliphatic rings. The second kappa shape index (κ2) is 5.51. The number of fused-ring (bicyclic) bond motifs is 3. The summed E-state index contributed by atoms with van der Waals surface area (Å²) in [6, 6.07) is 6.80. The van der Waals surface area contributed by atoms with E-state index in [-0.39, 0.29) is 5.91 Å². The van der Waals surface area contributed by atoms with Crippen molar-refractivity contribution in [2.24, 2.45) is 4.99 Å². The Bertz CT molecular complexity index is 801. The van der Waals surface area contributed by atoms with Crippen LogP contribution in [0.4, 0.5) is 4.79 Å². The number of methoxy groups -OCH3 is 1. The number of urea groups is 1. The maximum Gasteiger partial charge on any atom is 0.325 e. The Labute approximate surface area is 145 Å². The van der Waals surface area contributed by atoms with Gasteiger partial charge in [-0.3, -0.25) is 10.1 Å². The Hall–Kier alpha value is -3.03. The van der Waals surface area contributed by atoms with Gasteiger partial charge in [-0.2, -0.15) is 0 Å². The molecule has 3 heterocycles. The molecule has 2 unspecified atom stereocenters. The maximum absolute atomic E-state index is 12.4. The fourth-order valence-electron chi connectivity index (χ4n) is 3.43. The highest BCUT2D eigenvalue weighted by molar-refractivity contribution is 6.06. The molecule has 0 saturated carbocycles. The molecule has 0 aliphatic carbocycles. The molecule has 1 aromatic rings. The molecule has 0 aromatic heterocycles. The van der Waals surface area contributed by atoms with Crippen molar-refractivity contribution in [3.05, 3.63) is 36.0 Å². The summed E-state index contributed by atoms with van der Waals surface area (Å²) in [6.45, 7) is 2.73. The number of nitrogens with zero attached hydrogens (tertiary/aromatic N) is 4. The molecular formula is C17H19N5O3. The number of imide groups is 1. The molecule has 0 bridgehead atoms. The molecule has 1 fully saturated rings. The summed E-state index contributed by atoms with van der Waals surface area (Å²) in [6.07, 6.45) is 1.43. The van der Waals surface area contributed by atoms with E-state index in [2.05, 4.69) is 10.3 Å². The van der Waals surface area contributed by atoms with E-state index in [9.17, 15) is 9.59 Å². The second-order valence-corrected chi connectivity index (χ2v) is 6.09. The molecule has 25 heavy (non-hydrogen) atoms. The SMILES string of the molecule is CCN1C(c2ccc(OC)cc2)=CN2C1=NC1C2C(=O)NC(=O)N1C. The van der Waals surface area contributed by atoms with Gasteiger partial charge in [-0.15, -0.1) is 0 Å². The Morgan fingerprint density at radius 2 is 1.96 bits per heavy atom. The minimum atomic E-state index is -0.539. The van der Waals surface area contributed by atoms with Crippen molar-refractivity contribution in [1.82, 2.24) is 20.0 Å². The minimum absolute atomic E-state index is 0.324. The van der Waals surface area contributed by atoms with Gasteiger partial charge in [-0.1, -0.05) is 0 Å². The fourth-order valence-corrected chi connectivity index (χ4v) is 3.43. The van der Waals surface area contributed by atoms with Gasteiger partial charge in [0.05, 0.1) is 12.8 Å². The monoisotopic (exact) mass is 341 g/mol. The number of carbonyl (C=O) groups excluding carboxylic acids is 2. The first-order valence-electron chi connectivity index (χ1n) is 8.12. The van der Waals surface area contributed by atoms with Gasteiger partial charge in [0.2, 0.25) is 5.96 Å². The smallest absolute Gasteiger partial charge is 0.325 e. The van der Waals surface area contributed by atoms with Gasteiger partial charge in [-0.25, -0.2) is 9.79 Å². The summed E-state index contributed by atoms with van der Waals surface area (Å²) in [5.74, 6) is 1.16. The van der Waals surface area contributed by atoms with Crippen LogP contribution in [0.5, 0.6) is 5.75 Å². The van der Waals surface area contributed by atoms with E-state index in [1.165, 1.54) is 4.90 Å². The van der Waals surface area contributed by atoms with Crippen LogP contribution in [0.25, 0.3) is 5.70 Å². The molecule has 4 rings (SSSR count). The third kappa shape index (κ3) is 2.17. The first-order valence-corrected chi connectivity index (χ1v) is 8.12. The van der Waals surface area contributed by atoms with Crippen molar-refractivity contribution in [2.45, 2.75) is 19.1 Å². The van der Waals surface area contributed by atoms with Crippen LogP contribution in [0.15, 0.2) is 35.5 Å². The predicted octanol–water partition coefficient (Wildman–Crippen LogP) is 0.877. The molecule has 0 radical (unpaired) electrons. The van der Waals surface area contributed by atoms with Gasteiger partial charge < -0.3 is 19.4 Å². The molecule has 3 aliphatic heterocycles. The van der Waals surface area contributed by atoms with Gasteiger partial charge in [0.1, 0.15) is 5.75 Å². The van der Waals surface area contributed by atoms with Crippen LogP contribution >= 0.6 is 0 Å². The van der Waals surface area contributed by atoms with E-state index in [1.807, 2.05) is 47.2 Å². The normalized spacial score (nSPS) is 24.7. The van der Waals surface area contributed by atoms with E-state index in [0.717, 1.165) is 17.0 Å². The van der Waals surface area contributed by atoms with E-state index < -0.39 is 18.2 Å². The average Bonchev–Trinajstić information content (AvgIpc) is 3.15. The quantitative estimate of drug-likeness (QED) is 0.883. The van der Waals surface area contributed by atoms with Crippen molar-refractivity contribution in [1.29, 1.82) is 0 Å². The number of hydrogen-bond acceptors (Lipinski definition) is 6. The number of rotatable bonds is 3. The van der Waals surface area contributed by atoms with Crippen molar-refractivity contribution in [3.8, 4) is 5.75 Å². The molecule has 2 atom stereocenters. The summed E-state index contributed by atoms with van der Waals surface area (Å²) < 4.78 is 5.21. The van der Waals surface area contributed by atoms with Crippen LogP contribution in [-0.2, 0) is 4.79 Å². The average molecular weight is 341 g/mol. The summed E-state index contributed by atoms with van der Waals surface area (Å²) in [5, 5.41) is 2.38. The lowest BCUT2D eigenvalue weighted by molar-refractivity contribution is -0.126. The number of benzene rings is 1.